The monoisotopic (exact) mass is 417 g/mol. The molecule has 1 N–H and O–H groups in total. The number of amides is 1. The van der Waals surface area contributed by atoms with Gasteiger partial charge in [0.05, 0.1) is 12.7 Å². The van der Waals surface area contributed by atoms with Crippen LogP contribution in [0.2, 0.25) is 0 Å². The largest absolute Gasteiger partial charge is 0.496 e. The molecule has 4 aliphatic rings. The molecule has 31 heavy (non-hydrogen) atoms. The minimum Gasteiger partial charge on any atom is -0.496 e. The molecule has 4 saturated carbocycles. The summed E-state index contributed by atoms with van der Waals surface area (Å²) in [6.07, 6.45) is 7.78. The van der Waals surface area contributed by atoms with Crippen molar-refractivity contribution in [3.63, 3.8) is 0 Å². The number of para-hydroxylation sites is 1. The van der Waals surface area contributed by atoms with Crippen LogP contribution in [0.3, 0.4) is 0 Å². The van der Waals surface area contributed by atoms with Gasteiger partial charge in [-0.15, -0.1) is 0 Å². The molecule has 0 radical (unpaired) electrons. The molecule has 2 aromatic carbocycles. The quantitative estimate of drug-likeness (QED) is 0.659. The Morgan fingerprint density at radius 2 is 1.74 bits per heavy atom. The van der Waals surface area contributed by atoms with E-state index in [2.05, 4.69) is 37.4 Å². The molecule has 0 aliphatic heterocycles. The van der Waals surface area contributed by atoms with Crippen LogP contribution in [0, 0.1) is 38.0 Å². The third kappa shape index (κ3) is 3.46. The number of carbonyl (C=O) groups is 1. The van der Waals surface area contributed by atoms with Crippen molar-refractivity contribution in [1.29, 1.82) is 0 Å². The Bertz CT molecular complexity index is 1010. The highest BCUT2D eigenvalue weighted by Gasteiger charge is 2.58. The van der Waals surface area contributed by atoms with Gasteiger partial charge in [0.2, 0.25) is 0 Å². The first-order valence-corrected chi connectivity index (χ1v) is 11.8. The van der Waals surface area contributed by atoms with Gasteiger partial charge in [-0.3, -0.25) is 4.79 Å². The van der Waals surface area contributed by atoms with Crippen molar-refractivity contribution in [3.05, 3.63) is 64.2 Å². The average Bonchev–Trinajstić information content (AvgIpc) is 2.73. The lowest BCUT2D eigenvalue weighted by molar-refractivity contribution is -0.0697. The van der Waals surface area contributed by atoms with E-state index in [4.69, 9.17) is 4.74 Å². The van der Waals surface area contributed by atoms with Gasteiger partial charge in [-0.2, -0.15) is 0 Å². The van der Waals surface area contributed by atoms with Crippen LogP contribution >= 0.6 is 0 Å². The molecule has 164 valence electrons. The van der Waals surface area contributed by atoms with Gasteiger partial charge in [0.15, 0.2) is 0 Å². The zero-order chi connectivity index (χ0) is 21.8. The minimum absolute atomic E-state index is 0.00322. The van der Waals surface area contributed by atoms with E-state index >= 15 is 0 Å². The van der Waals surface area contributed by atoms with Crippen molar-refractivity contribution in [2.45, 2.75) is 64.7 Å². The normalized spacial score (nSPS) is 31.0. The van der Waals surface area contributed by atoms with Gasteiger partial charge in [-0.1, -0.05) is 30.3 Å². The fraction of sp³-hybridized carbons (Fsp3) is 0.536. The first-order chi connectivity index (χ1) is 14.8. The Labute approximate surface area is 186 Å². The first kappa shape index (κ1) is 20.6. The average molecular weight is 418 g/mol. The van der Waals surface area contributed by atoms with Crippen LogP contribution < -0.4 is 10.1 Å². The molecule has 0 heterocycles. The molecule has 0 spiro atoms. The zero-order valence-electron chi connectivity index (χ0n) is 19.4. The van der Waals surface area contributed by atoms with Gasteiger partial charge in [0.25, 0.3) is 5.91 Å². The molecule has 2 aromatic rings. The van der Waals surface area contributed by atoms with Crippen LogP contribution in [0.4, 0.5) is 0 Å². The highest BCUT2D eigenvalue weighted by molar-refractivity contribution is 5.97. The molecule has 4 fully saturated rings. The molecular weight excluding hydrogens is 382 g/mol. The molecule has 4 aliphatic carbocycles. The van der Waals surface area contributed by atoms with E-state index in [0.29, 0.717) is 16.7 Å². The fourth-order valence-electron chi connectivity index (χ4n) is 7.53. The van der Waals surface area contributed by atoms with Crippen molar-refractivity contribution >= 4 is 5.91 Å². The van der Waals surface area contributed by atoms with Gasteiger partial charge in [0, 0.05) is 6.54 Å². The van der Waals surface area contributed by atoms with E-state index in [1.54, 1.807) is 12.7 Å². The van der Waals surface area contributed by atoms with Crippen LogP contribution in [0.1, 0.15) is 71.1 Å². The number of nitrogens with one attached hydrogen (secondary N) is 1. The summed E-state index contributed by atoms with van der Waals surface area (Å²) in [5.41, 5.74) is 6.50. The third-order valence-electron chi connectivity index (χ3n) is 8.59. The van der Waals surface area contributed by atoms with Crippen molar-refractivity contribution < 1.29 is 9.53 Å². The Hall–Kier alpha value is -2.29. The Kier molecular flexibility index (Phi) is 4.91. The second-order valence-electron chi connectivity index (χ2n) is 10.9. The maximum Gasteiger partial charge on any atom is 0.255 e. The maximum atomic E-state index is 13.1. The SMILES string of the molecule is COc1c(C)cccc1C(=O)NCC12C[C@H]3C[C@@H](C1)CC(c1ccc(C)c(C)c1)(C3)C2. The van der Waals surface area contributed by atoms with Crippen molar-refractivity contribution in [2.75, 3.05) is 13.7 Å². The van der Waals surface area contributed by atoms with Gasteiger partial charge < -0.3 is 10.1 Å². The third-order valence-corrected chi connectivity index (χ3v) is 8.59. The highest BCUT2D eigenvalue weighted by Crippen LogP contribution is 2.65. The Balaban J connectivity index is 1.39. The zero-order valence-corrected chi connectivity index (χ0v) is 19.4. The number of hydrogen-bond donors (Lipinski definition) is 1. The van der Waals surface area contributed by atoms with Gasteiger partial charge >= 0.3 is 0 Å². The molecule has 6 rings (SSSR count). The number of carbonyl (C=O) groups excluding carboxylic acids is 1. The van der Waals surface area contributed by atoms with E-state index in [1.807, 2.05) is 25.1 Å². The molecule has 3 nitrogen and oxygen atoms in total. The Morgan fingerprint density at radius 1 is 1.00 bits per heavy atom. The fourth-order valence-corrected chi connectivity index (χ4v) is 7.53. The molecule has 3 heteroatoms. The summed E-state index contributed by atoms with van der Waals surface area (Å²) < 4.78 is 5.53. The van der Waals surface area contributed by atoms with E-state index in [1.165, 1.54) is 49.7 Å². The molecule has 0 saturated heterocycles. The lowest BCUT2D eigenvalue weighted by atomic mass is 9.43. The van der Waals surface area contributed by atoms with E-state index < -0.39 is 0 Å². The maximum absolute atomic E-state index is 13.1. The number of methoxy groups -OCH3 is 1. The van der Waals surface area contributed by atoms with Crippen LogP contribution in [-0.4, -0.2) is 19.6 Å². The Morgan fingerprint density at radius 3 is 2.42 bits per heavy atom. The van der Waals surface area contributed by atoms with Crippen LogP contribution in [0.15, 0.2) is 36.4 Å². The summed E-state index contributed by atoms with van der Waals surface area (Å²) in [6, 6.07) is 12.9. The number of aryl methyl sites for hydroxylation is 3. The lowest BCUT2D eigenvalue weighted by Gasteiger charge is -2.62. The molecular formula is C28H35NO2. The number of benzene rings is 2. The van der Waals surface area contributed by atoms with E-state index in [-0.39, 0.29) is 11.3 Å². The molecule has 1 amide bonds. The van der Waals surface area contributed by atoms with Gasteiger partial charge in [-0.05, 0) is 110 Å². The first-order valence-electron chi connectivity index (χ1n) is 11.8. The predicted molar refractivity (Wildman–Crippen MR) is 125 cm³/mol. The second-order valence-corrected chi connectivity index (χ2v) is 10.9. The van der Waals surface area contributed by atoms with Gasteiger partial charge in [-0.25, -0.2) is 0 Å². The van der Waals surface area contributed by atoms with E-state index in [0.717, 1.165) is 23.9 Å². The van der Waals surface area contributed by atoms with Crippen molar-refractivity contribution in [2.24, 2.45) is 17.3 Å². The summed E-state index contributed by atoms with van der Waals surface area (Å²) in [4.78, 5) is 13.1. The summed E-state index contributed by atoms with van der Waals surface area (Å²) in [7, 11) is 1.64. The summed E-state index contributed by atoms with van der Waals surface area (Å²) in [6.45, 7) is 7.21. The van der Waals surface area contributed by atoms with Crippen LogP contribution in [-0.2, 0) is 5.41 Å². The molecule has 2 unspecified atom stereocenters. The summed E-state index contributed by atoms with van der Waals surface area (Å²) >= 11 is 0. The lowest BCUT2D eigenvalue weighted by Crippen LogP contribution is -2.57. The van der Waals surface area contributed by atoms with Crippen molar-refractivity contribution in [3.8, 4) is 5.75 Å². The second kappa shape index (κ2) is 7.39. The van der Waals surface area contributed by atoms with Crippen LogP contribution in [0.25, 0.3) is 0 Å². The number of hydrogen-bond acceptors (Lipinski definition) is 2. The predicted octanol–water partition coefficient (Wildman–Crippen LogP) is 5.89. The molecule has 0 aromatic heterocycles. The summed E-state index contributed by atoms with van der Waals surface area (Å²) in [5, 5.41) is 3.33. The number of rotatable bonds is 5. The van der Waals surface area contributed by atoms with Crippen molar-refractivity contribution in [1.82, 2.24) is 5.32 Å². The van der Waals surface area contributed by atoms with Gasteiger partial charge in [0.1, 0.15) is 5.75 Å². The summed E-state index contributed by atoms with van der Waals surface area (Å²) in [5.74, 6) is 2.29. The molecule has 4 bridgehead atoms. The minimum atomic E-state index is -0.00322. The molecule has 4 atom stereocenters. The van der Waals surface area contributed by atoms with E-state index in [9.17, 15) is 4.79 Å². The highest BCUT2D eigenvalue weighted by atomic mass is 16.5. The standard InChI is InChI=1S/C28H35NO2/c1-18-8-9-23(10-20(18)3)28-14-21-11-22(15-28)13-27(12-21,16-28)17-29-26(30)24-7-5-6-19(2)25(24)31-4/h5-10,21-22H,11-17H2,1-4H3,(H,29,30)/t21-,22+,27?,28?. The topological polar surface area (TPSA) is 38.3 Å². The van der Waals surface area contributed by atoms with Crippen LogP contribution in [0.5, 0.6) is 5.75 Å². The number of ether oxygens (including phenoxy) is 1. The smallest absolute Gasteiger partial charge is 0.255 e.